The molecule has 0 atom stereocenters. The highest BCUT2D eigenvalue weighted by Gasteiger charge is 2.33. The zero-order chi connectivity index (χ0) is 23.8. The number of hydrogen-bond acceptors (Lipinski definition) is 5. The lowest BCUT2D eigenvalue weighted by Crippen LogP contribution is -2.41. The van der Waals surface area contributed by atoms with E-state index in [2.05, 4.69) is 10.3 Å². The van der Waals surface area contributed by atoms with E-state index in [9.17, 15) is 22.0 Å². The Kier molecular flexibility index (Phi) is 6.60. The number of anilines is 1. The number of benzene rings is 2. The molecule has 0 unspecified atom stereocenters. The fourth-order valence-corrected chi connectivity index (χ4v) is 6.31. The van der Waals surface area contributed by atoms with Crippen LogP contribution in [0.15, 0.2) is 46.7 Å². The first kappa shape index (κ1) is 23.5. The van der Waals surface area contributed by atoms with Crippen molar-refractivity contribution in [1.82, 2.24) is 9.29 Å². The topological polar surface area (TPSA) is 79.4 Å². The van der Waals surface area contributed by atoms with E-state index >= 15 is 0 Å². The van der Waals surface area contributed by atoms with E-state index in [0.29, 0.717) is 39.7 Å². The van der Waals surface area contributed by atoms with Crippen molar-refractivity contribution in [2.24, 2.45) is 5.92 Å². The van der Waals surface area contributed by atoms with Crippen molar-refractivity contribution in [3.05, 3.63) is 64.5 Å². The smallest absolute Gasteiger partial charge is 0.243 e. The minimum Gasteiger partial charge on any atom is -0.302 e. The Labute approximate surface area is 195 Å². The maximum Gasteiger partial charge on any atom is 0.243 e. The van der Waals surface area contributed by atoms with Gasteiger partial charge in [0.15, 0.2) is 16.8 Å². The Balaban J connectivity index is 1.38. The van der Waals surface area contributed by atoms with Crippen molar-refractivity contribution in [1.29, 1.82) is 0 Å². The van der Waals surface area contributed by atoms with Crippen LogP contribution in [0.4, 0.5) is 13.9 Å². The maximum atomic E-state index is 13.5. The number of carbonyl (C=O) groups excluding carboxylic acids is 1. The van der Waals surface area contributed by atoms with Crippen molar-refractivity contribution in [2.45, 2.75) is 31.6 Å². The first-order chi connectivity index (χ1) is 15.6. The van der Waals surface area contributed by atoms with E-state index in [1.165, 1.54) is 21.7 Å². The van der Waals surface area contributed by atoms with Gasteiger partial charge in [-0.2, -0.15) is 4.31 Å². The quantitative estimate of drug-likeness (QED) is 0.559. The van der Waals surface area contributed by atoms with Gasteiger partial charge in [0.05, 0.1) is 10.6 Å². The predicted octanol–water partition coefficient (Wildman–Crippen LogP) is 4.74. The van der Waals surface area contributed by atoms with Crippen molar-refractivity contribution in [3.63, 3.8) is 0 Å². The monoisotopic (exact) mass is 491 g/mol. The summed E-state index contributed by atoms with van der Waals surface area (Å²) in [5, 5.41) is 4.77. The minimum atomic E-state index is -3.62. The summed E-state index contributed by atoms with van der Waals surface area (Å²) in [6.45, 7) is 4.21. The highest BCUT2D eigenvalue weighted by Crippen LogP contribution is 2.29. The molecule has 3 aromatic rings. The zero-order valence-electron chi connectivity index (χ0n) is 18.1. The Morgan fingerprint density at radius 1 is 1.09 bits per heavy atom. The molecule has 4 rings (SSSR count). The van der Waals surface area contributed by atoms with E-state index in [1.807, 2.05) is 13.0 Å². The highest BCUT2D eigenvalue weighted by atomic mass is 32.2. The normalized spacial score (nSPS) is 15.5. The number of rotatable bonds is 5. The summed E-state index contributed by atoms with van der Waals surface area (Å²) in [6.07, 6.45) is 0.800. The van der Waals surface area contributed by atoms with Crippen molar-refractivity contribution in [3.8, 4) is 11.3 Å². The number of nitrogens with one attached hydrogen (secondary N) is 1. The molecule has 1 amide bonds. The van der Waals surface area contributed by atoms with Crippen LogP contribution in [0.3, 0.4) is 0 Å². The van der Waals surface area contributed by atoms with Crippen molar-refractivity contribution < 1.29 is 22.0 Å². The molecule has 33 heavy (non-hydrogen) atoms. The number of hydrogen-bond donors (Lipinski definition) is 1. The molecule has 1 fully saturated rings. The molecule has 174 valence electrons. The maximum absolute atomic E-state index is 13.5. The lowest BCUT2D eigenvalue weighted by Gasteiger charge is -2.30. The van der Waals surface area contributed by atoms with Crippen LogP contribution in [-0.2, 0) is 14.8 Å². The van der Waals surface area contributed by atoms with Crippen molar-refractivity contribution >= 4 is 32.4 Å². The van der Waals surface area contributed by atoms with Crippen molar-refractivity contribution in [2.75, 3.05) is 18.4 Å². The Morgan fingerprint density at radius 2 is 1.82 bits per heavy atom. The number of piperidine rings is 1. The molecule has 1 saturated heterocycles. The van der Waals surface area contributed by atoms with Gasteiger partial charge in [-0.25, -0.2) is 22.2 Å². The SMILES string of the molecule is Cc1ccc(S(=O)(=O)N2CCC(C(=O)Nc3nc(-c4ccc(F)c(F)c4)cs3)CC2)c(C)c1. The van der Waals surface area contributed by atoms with Gasteiger partial charge in [0, 0.05) is 30.0 Å². The van der Waals surface area contributed by atoms with Gasteiger partial charge in [-0.15, -0.1) is 11.3 Å². The van der Waals surface area contributed by atoms with Crippen LogP contribution in [0.2, 0.25) is 0 Å². The number of aryl methyl sites for hydroxylation is 2. The third kappa shape index (κ3) is 4.97. The van der Waals surface area contributed by atoms with Gasteiger partial charge in [-0.05, 0) is 56.5 Å². The second-order valence-electron chi connectivity index (χ2n) is 8.10. The van der Waals surface area contributed by atoms with Gasteiger partial charge in [0.2, 0.25) is 15.9 Å². The zero-order valence-corrected chi connectivity index (χ0v) is 19.8. The molecule has 6 nitrogen and oxygen atoms in total. The molecule has 1 aliphatic heterocycles. The summed E-state index contributed by atoms with van der Waals surface area (Å²) >= 11 is 1.19. The van der Waals surface area contributed by atoms with Gasteiger partial charge in [-0.3, -0.25) is 4.79 Å². The number of thiazole rings is 1. The third-order valence-electron chi connectivity index (χ3n) is 5.72. The van der Waals surface area contributed by atoms with E-state index in [1.54, 1.807) is 24.4 Å². The molecule has 1 aliphatic rings. The Morgan fingerprint density at radius 3 is 2.48 bits per heavy atom. The number of sulfonamides is 1. The van der Waals surface area contributed by atoms with Crippen LogP contribution in [0, 0.1) is 31.4 Å². The van der Waals surface area contributed by atoms with Gasteiger partial charge < -0.3 is 5.32 Å². The van der Waals surface area contributed by atoms with Crippen LogP contribution in [0.5, 0.6) is 0 Å². The molecule has 0 radical (unpaired) electrons. The van der Waals surface area contributed by atoms with Gasteiger partial charge in [-0.1, -0.05) is 17.7 Å². The van der Waals surface area contributed by atoms with E-state index in [0.717, 1.165) is 17.7 Å². The first-order valence-corrected chi connectivity index (χ1v) is 12.8. The molecule has 0 bridgehead atoms. The first-order valence-electron chi connectivity index (χ1n) is 10.4. The molecular formula is C23H23F2N3O3S2. The summed E-state index contributed by atoms with van der Waals surface area (Å²) in [4.78, 5) is 17.3. The number of halogens is 2. The van der Waals surface area contributed by atoms with Crippen LogP contribution in [0.1, 0.15) is 24.0 Å². The minimum absolute atomic E-state index is 0.232. The summed E-state index contributed by atoms with van der Waals surface area (Å²) in [5.41, 5.74) is 2.55. The number of aromatic nitrogens is 1. The number of amides is 1. The highest BCUT2D eigenvalue weighted by molar-refractivity contribution is 7.89. The third-order valence-corrected chi connectivity index (χ3v) is 8.54. The summed E-state index contributed by atoms with van der Waals surface area (Å²) in [6, 6.07) is 8.76. The molecular weight excluding hydrogens is 468 g/mol. The molecule has 2 heterocycles. The van der Waals surface area contributed by atoms with Crippen LogP contribution in [0.25, 0.3) is 11.3 Å². The molecule has 2 aromatic carbocycles. The van der Waals surface area contributed by atoms with Crippen LogP contribution in [-0.4, -0.2) is 36.7 Å². The number of carbonyl (C=O) groups is 1. The van der Waals surface area contributed by atoms with Gasteiger partial charge >= 0.3 is 0 Å². The standard InChI is InChI=1S/C23H23F2N3O3S2/c1-14-3-6-21(15(2)11-14)33(30,31)28-9-7-16(8-10-28)22(29)27-23-26-20(13-32-23)17-4-5-18(24)19(25)12-17/h3-6,11-13,16H,7-10H2,1-2H3,(H,26,27,29). The van der Waals surface area contributed by atoms with E-state index in [4.69, 9.17) is 0 Å². The predicted molar refractivity (Wildman–Crippen MR) is 123 cm³/mol. The van der Waals surface area contributed by atoms with Crippen LogP contribution < -0.4 is 5.32 Å². The van der Waals surface area contributed by atoms with Gasteiger partial charge in [0.25, 0.3) is 0 Å². The van der Waals surface area contributed by atoms with E-state index in [-0.39, 0.29) is 24.9 Å². The average molecular weight is 492 g/mol. The fourth-order valence-electron chi connectivity index (χ4n) is 3.91. The average Bonchev–Trinajstić information content (AvgIpc) is 3.24. The van der Waals surface area contributed by atoms with Crippen LogP contribution >= 0.6 is 11.3 Å². The molecule has 10 heteroatoms. The summed E-state index contributed by atoms with van der Waals surface area (Å²) in [5.74, 6) is -2.47. The lowest BCUT2D eigenvalue weighted by molar-refractivity contribution is -0.120. The number of nitrogens with zero attached hydrogens (tertiary/aromatic N) is 2. The second-order valence-corrected chi connectivity index (χ2v) is 10.9. The molecule has 0 saturated carbocycles. The molecule has 1 N–H and O–H groups in total. The van der Waals surface area contributed by atoms with E-state index < -0.39 is 21.7 Å². The fraction of sp³-hybridized carbons (Fsp3) is 0.304. The molecule has 1 aromatic heterocycles. The summed E-state index contributed by atoms with van der Waals surface area (Å²) in [7, 11) is -3.62. The van der Waals surface area contributed by atoms with Gasteiger partial charge in [0.1, 0.15) is 0 Å². The largest absolute Gasteiger partial charge is 0.302 e. The molecule has 0 spiro atoms. The lowest BCUT2D eigenvalue weighted by atomic mass is 9.97. The Bertz CT molecular complexity index is 1300. The summed E-state index contributed by atoms with van der Waals surface area (Å²) < 4.78 is 54.1. The molecule has 0 aliphatic carbocycles. The second kappa shape index (κ2) is 9.28. The Hall–Kier alpha value is -2.69.